The zero-order valence-corrected chi connectivity index (χ0v) is 8.58. The van der Waals surface area contributed by atoms with Crippen LogP contribution in [0.1, 0.15) is 5.56 Å². The van der Waals surface area contributed by atoms with E-state index in [9.17, 15) is 0 Å². The first kappa shape index (κ1) is 11.3. The van der Waals surface area contributed by atoms with Gasteiger partial charge in [0.2, 0.25) is 0 Å². The Hall–Kier alpha value is -0.740. The Morgan fingerprint density at radius 1 is 1.42 bits per heavy atom. The minimum Gasteiger partial charge on any atom is -0.398 e. The second-order valence-electron chi connectivity index (χ2n) is 2.15. The maximum absolute atomic E-state index is 7.12. The van der Waals surface area contributed by atoms with Crippen LogP contribution >= 0.6 is 28.3 Å². The summed E-state index contributed by atoms with van der Waals surface area (Å²) in [7, 11) is 0. The maximum atomic E-state index is 7.12. The van der Waals surface area contributed by atoms with Crippen LogP contribution in [0.4, 0.5) is 5.69 Å². The highest BCUT2D eigenvalue weighted by molar-refractivity contribution is 9.10. The molecule has 0 amide bonds. The molecule has 0 aliphatic carbocycles. The molecule has 1 aromatic carbocycles. The van der Waals surface area contributed by atoms with E-state index in [1.54, 1.807) is 18.2 Å². The molecule has 66 valence electrons. The third kappa shape index (κ3) is 2.39. The predicted molar refractivity (Wildman–Crippen MR) is 56.8 cm³/mol. The smallest absolute Gasteiger partial charge is 0.122 e. The summed E-state index contributed by atoms with van der Waals surface area (Å²) in [5.41, 5.74) is 12.1. The molecule has 3 nitrogen and oxygen atoms in total. The van der Waals surface area contributed by atoms with Crippen molar-refractivity contribution < 1.29 is 0 Å². The van der Waals surface area contributed by atoms with Crippen LogP contribution in [0.2, 0.25) is 0 Å². The van der Waals surface area contributed by atoms with Gasteiger partial charge < -0.3 is 11.5 Å². The highest BCUT2D eigenvalue weighted by Gasteiger charge is 1.98. The van der Waals surface area contributed by atoms with Crippen molar-refractivity contribution in [1.82, 2.24) is 0 Å². The SMILES string of the molecule is Cl.N=C(N)c1ccc(N)c(Br)c1. The second-order valence-corrected chi connectivity index (χ2v) is 3.00. The molecule has 0 spiro atoms. The maximum Gasteiger partial charge on any atom is 0.122 e. The number of nitrogen functional groups attached to an aromatic ring is 2. The lowest BCUT2D eigenvalue weighted by Crippen LogP contribution is -2.10. The standard InChI is InChI=1S/C7H8BrN3.ClH/c8-5-3-4(7(10)11)1-2-6(5)9;/h1-3H,9H2,(H3,10,11);1H. The van der Waals surface area contributed by atoms with Gasteiger partial charge in [-0.15, -0.1) is 12.4 Å². The quantitative estimate of drug-likeness (QED) is 0.403. The molecule has 1 rings (SSSR count). The number of rotatable bonds is 1. The Morgan fingerprint density at radius 2 is 2.00 bits per heavy atom. The number of nitrogens with two attached hydrogens (primary N) is 2. The molecule has 1 aromatic rings. The number of halogens is 2. The fourth-order valence-corrected chi connectivity index (χ4v) is 1.07. The molecule has 0 aliphatic rings. The number of nitrogens with one attached hydrogen (secondary N) is 1. The van der Waals surface area contributed by atoms with Gasteiger partial charge in [0, 0.05) is 15.7 Å². The molecule has 0 saturated carbocycles. The topological polar surface area (TPSA) is 75.9 Å². The molecular formula is C7H9BrClN3. The Bertz CT molecular complexity index is 301. The summed E-state index contributed by atoms with van der Waals surface area (Å²) in [6.45, 7) is 0. The van der Waals surface area contributed by atoms with Crippen LogP contribution in [0.15, 0.2) is 22.7 Å². The molecule has 0 fully saturated rings. The Balaban J connectivity index is 0.00000121. The molecular weight excluding hydrogens is 241 g/mol. The van der Waals surface area contributed by atoms with Gasteiger partial charge in [0.25, 0.3) is 0 Å². The summed E-state index contributed by atoms with van der Waals surface area (Å²) in [4.78, 5) is 0. The lowest BCUT2D eigenvalue weighted by Gasteiger charge is -2.00. The lowest BCUT2D eigenvalue weighted by atomic mass is 10.2. The highest BCUT2D eigenvalue weighted by atomic mass is 79.9. The molecule has 0 unspecified atom stereocenters. The fourth-order valence-electron chi connectivity index (χ4n) is 0.695. The zero-order valence-electron chi connectivity index (χ0n) is 6.17. The predicted octanol–water partition coefficient (Wildman–Crippen LogP) is 1.74. The van der Waals surface area contributed by atoms with Gasteiger partial charge in [-0.1, -0.05) is 0 Å². The third-order valence-electron chi connectivity index (χ3n) is 1.31. The largest absolute Gasteiger partial charge is 0.398 e. The Kier molecular flexibility index (Phi) is 4.06. The number of anilines is 1. The van der Waals surface area contributed by atoms with Gasteiger partial charge >= 0.3 is 0 Å². The minimum absolute atomic E-state index is 0. The molecule has 5 heteroatoms. The Labute approximate surface area is 85.2 Å². The van der Waals surface area contributed by atoms with E-state index in [1.807, 2.05) is 0 Å². The first-order chi connectivity index (χ1) is 5.11. The number of hydrogen-bond donors (Lipinski definition) is 3. The molecule has 12 heavy (non-hydrogen) atoms. The molecule has 0 aromatic heterocycles. The summed E-state index contributed by atoms with van der Waals surface area (Å²) >= 11 is 3.24. The van der Waals surface area contributed by atoms with E-state index < -0.39 is 0 Å². The summed E-state index contributed by atoms with van der Waals surface area (Å²) in [5, 5.41) is 7.12. The van der Waals surface area contributed by atoms with Gasteiger partial charge in [-0.05, 0) is 34.1 Å². The fraction of sp³-hybridized carbons (Fsp3) is 0. The first-order valence-electron chi connectivity index (χ1n) is 3.00. The molecule has 0 saturated heterocycles. The zero-order chi connectivity index (χ0) is 8.43. The van der Waals surface area contributed by atoms with E-state index >= 15 is 0 Å². The molecule has 0 radical (unpaired) electrons. The minimum atomic E-state index is 0. The van der Waals surface area contributed by atoms with Crippen LogP contribution < -0.4 is 11.5 Å². The van der Waals surface area contributed by atoms with Gasteiger partial charge in [0.15, 0.2) is 0 Å². The first-order valence-corrected chi connectivity index (χ1v) is 3.80. The molecule has 0 atom stereocenters. The van der Waals surface area contributed by atoms with Gasteiger partial charge in [-0.3, -0.25) is 5.41 Å². The molecule has 0 bridgehead atoms. The third-order valence-corrected chi connectivity index (χ3v) is 2.00. The average molecular weight is 251 g/mol. The summed E-state index contributed by atoms with van der Waals surface area (Å²) < 4.78 is 0.769. The summed E-state index contributed by atoms with van der Waals surface area (Å²) in [6.07, 6.45) is 0. The second kappa shape index (κ2) is 4.33. The van der Waals surface area contributed by atoms with Crippen molar-refractivity contribution in [2.45, 2.75) is 0 Å². The van der Waals surface area contributed by atoms with Crippen molar-refractivity contribution in [3.05, 3.63) is 28.2 Å². The highest BCUT2D eigenvalue weighted by Crippen LogP contribution is 2.19. The van der Waals surface area contributed by atoms with Crippen molar-refractivity contribution in [1.29, 1.82) is 5.41 Å². The van der Waals surface area contributed by atoms with Gasteiger partial charge in [-0.2, -0.15) is 0 Å². The molecule has 5 N–H and O–H groups in total. The van der Waals surface area contributed by atoms with Crippen molar-refractivity contribution in [3.63, 3.8) is 0 Å². The van der Waals surface area contributed by atoms with E-state index in [0.717, 1.165) is 4.47 Å². The van der Waals surface area contributed by atoms with Gasteiger partial charge in [-0.25, -0.2) is 0 Å². The lowest BCUT2D eigenvalue weighted by molar-refractivity contribution is 1.42. The van der Waals surface area contributed by atoms with Gasteiger partial charge in [0.1, 0.15) is 5.84 Å². The van der Waals surface area contributed by atoms with E-state index in [-0.39, 0.29) is 18.2 Å². The van der Waals surface area contributed by atoms with Crippen LogP contribution in [0, 0.1) is 5.41 Å². The van der Waals surface area contributed by atoms with Crippen molar-refractivity contribution >= 4 is 39.9 Å². The van der Waals surface area contributed by atoms with Crippen LogP contribution in [-0.4, -0.2) is 5.84 Å². The summed E-state index contributed by atoms with van der Waals surface area (Å²) in [6, 6.07) is 5.14. The van der Waals surface area contributed by atoms with Crippen molar-refractivity contribution in [3.8, 4) is 0 Å². The van der Waals surface area contributed by atoms with E-state index in [1.165, 1.54) is 0 Å². The molecule has 0 heterocycles. The average Bonchev–Trinajstić information content (AvgIpc) is 1.94. The Morgan fingerprint density at radius 3 is 2.42 bits per heavy atom. The van der Waals surface area contributed by atoms with Crippen molar-refractivity contribution in [2.24, 2.45) is 5.73 Å². The summed E-state index contributed by atoms with van der Waals surface area (Å²) in [5.74, 6) is 0.0469. The normalized spacial score (nSPS) is 8.75. The number of amidine groups is 1. The number of hydrogen-bond acceptors (Lipinski definition) is 2. The van der Waals surface area contributed by atoms with Crippen LogP contribution in [0.25, 0.3) is 0 Å². The number of benzene rings is 1. The molecule has 0 aliphatic heterocycles. The van der Waals surface area contributed by atoms with E-state index in [2.05, 4.69) is 15.9 Å². The monoisotopic (exact) mass is 249 g/mol. The van der Waals surface area contributed by atoms with Crippen LogP contribution in [0.5, 0.6) is 0 Å². The van der Waals surface area contributed by atoms with E-state index in [4.69, 9.17) is 16.9 Å². The van der Waals surface area contributed by atoms with E-state index in [0.29, 0.717) is 11.3 Å². The van der Waals surface area contributed by atoms with Gasteiger partial charge in [0.05, 0.1) is 0 Å². The van der Waals surface area contributed by atoms with Crippen molar-refractivity contribution in [2.75, 3.05) is 5.73 Å². The van der Waals surface area contributed by atoms with Crippen LogP contribution in [-0.2, 0) is 0 Å². The van der Waals surface area contributed by atoms with Crippen LogP contribution in [0.3, 0.4) is 0 Å².